The normalized spacial score (nSPS) is 33.9. The van der Waals surface area contributed by atoms with Crippen molar-refractivity contribution in [2.45, 2.75) is 44.5 Å². The van der Waals surface area contributed by atoms with Crippen LogP contribution >= 0.6 is 0 Å². The number of aryl methyl sites for hydroxylation is 1. The minimum Gasteiger partial charge on any atom is -0.349 e. The molecule has 28 heavy (non-hydrogen) atoms. The maximum Gasteiger partial charge on any atom is 0.256 e. The average molecular weight is 387 g/mol. The molecule has 1 N–H and O–H groups in total. The predicted molar refractivity (Wildman–Crippen MR) is 102 cm³/mol. The van der Waals surface area contributed by atoms with E-state index in [1.165, 1.54) is 34.8 Å². The fourth-order valence-corrected chi connectivity index (χ4v) is 3.34. The second-order valence-corrected chi connectivity index (χ2v) is 6.55. The molecule has 0 aliphatic carbocycles. The minimum atomic E-state index is -2.96. The van der Waals surface area contributed by atoms with Crippen molar-refractivity contribution in [2.75, 3.05) is 11.4 Å². The summed E-state index contributed by atoms with van der Waals surface area (Å²) in [6.45, 7) is 1.25. The molecule has 3 aromatic heterocycles. The van der Waals surface area contributed by atoms with Crippen molar-refractivity contribution in [3.05, 3.63) is 53.4 Å². The SMILES string of the molecule is [2H]C1([2H])c2ncc(F)cc2[C@]2([2H])N(CCC2([2H])[2H])c2ccn3ncc(c3n2)C(=O)N[C@H](C)C1([2H])[2H]. The molecule has 0 spiro atoms. The number of amides is 1. The fourth-order valence-electron chi connectivity index (χ4n) is 3.34. The Hall–Kier alpha value is -3.03. The summed E-state index contributed by atoms with van der Waals surface area (Å²) in [7, 11) is 0. The number of carbonyl (C=O) groups is 1. The lowest BCUT2D eigenvalue weighted by Crippen LogP contribution is -2.33. The molecule has 2 atom stereocenters. The van der Waals surface area contributed by atoms with Crippen LogP contribution in [0, 0.1) is 5.82 Å². The lowest BCUT2D eigenvalue weighted by Gasteiger charge is -2.27. The van der Waals surface area contributed by atoms with E-state index in [1.807, 2.05) is 0 Å². The molecule has 5 rings (SSSR count). The summed E-state index contributed by atoms with van der Waals surface area (Å²) in [5.74, 6) is -1.58. The van der Waals surface area contributed by atoms with Gasteiger partial charge in [0.2, 0.25) is 0 Å². The molecule has 0 radical (unpaired) electrons. The van der Waals surface area contributed by atoms with Gasteiger partial charge in [0.25, 0.3) is 5.91 Å². The van der Waals surface area contributed by atoms with Gasteiger partial charge in [-0.25, -0.2) is 13.9 Å². The number of carbonyl (C=O) groups excluding carboxylic acids is 1. The summed E-state index contributed by atoms with van der Waals surface area (Å²) in [6.07, 6.45) is -4.84. The monoisotopic (exact) mass is 387 g/mol. The van der Waals surface area contributed by atoms with Crippen molar-refractivity contribution in [1.82, 2.24) is 24.9 Å². The number of nitrogens with one attached hydrogen (secondary N) is 1. The number of hydrogen-bond donors (Lipinski definition) is 1. The van der Waals surface area contributed by atoms with E-state index < -0.39 is 54.2 Å². The van der Waals surface area contributed by atoms with Gasteiger partial charge in [-0.3, -0.25) is 9.78 Å². The Morgan fingerprint density at radius 2 is 2.29 bits per heavy atom. The first-order valence-electron chi connectivity index (χ1n) is 12.3. The first-order valence-corrected chi connectivity index (χ1v) is 8.81. The fraction of sp³-hybridized carbons (Fsp3) is 0.400. The quantitative estimate of drug-likeness (QED) is 0.642. The number of nitrogens with zero attached hydrogens (tertiary/aromatic N) is 5. The number of fused-ring (bicyclic) bond motifs is 5. The largest absolute Gasteiger partial charge is 0.349 e. The predicted octanol–water partition coefficient (Wildman–Crippen LogP) is 2.67. The summed E-state index contributed by atoms with van der Waals surface area (Å²) < 4.78 is 77.1. The van der Waals surface area contributed by atoms with Gasteiger partial charge in [0.1, 0.15) is 17.2 Å². The molecule has 144 valence electrons. The van der Waals surface area contributed by atoms with Crippen molar-refractivity contribution in [2.24, 2.45) is 0 Å². The Morgan fingerprint density at radius 3 is 3.18 bits per heavy atom. The van der Waals surface area contributed by atoms with Gasteiger partial charge in [-0.1, -0.05) is 0 Å². The van der Waals surface area contributed by atoms with Crippen LogP contribution in [0.1, 0.15) is 63.3 Å². The van der Waals surface area contributed by atoms with Gasteiger partial charge < -0.3 is 10.2 Å². The highest BCUT2D eigenvalue weighted by Gasteiger charge is 2.31. The van der Waals surface area contributed by atoms with Crippen molar-refractivity contribution in [3.63, 3.8) is 0 Å². The van der Waals surface area contributed by atoms with Gasteiger partial charge in [-0.15, -0.1) is 0 Å². The highest BCUT2D eigenvalue weighted by molar-refractivity contribution is 5.99. The number of hydrogen-bond acceptors (Lipinski definition) is 5. The zero-order valence-electron chi connectivity index (χ0n) is 21.9. The molecule has 2 bridgehead atoms. The van der Waals surface area contributed by atoms with E-state index in [1.54, 1.807) is 0 Å². The highest BCUT2D eigenvalue weighted by atomic mass is 19.1. The maximum atomic E-state index is 14.5. The second kappa shape index (κ2) is 6.54. The molecule has 1 saturated heterocycles. The van der Waals surface area contributed by atoms with Crippen LogP contribution in [0.15, 0.2) is 30.7 Å². The van der Waals surface area contributed by atoms with Crippen molar-refractivity contribution < 1.29 is 18.8 Å². The molecular formula is C20H21FN6O. The van der Waals surface area contributed by atoms with E-state index in [2.05, 4.69) is 20.4 Å². The zero-order valence-corrected chi connectivity index (χ0v) is 14.9. The average Bonchev–Trinajstić information content (AvgIpc) is 3.31. The Kier molecular flexibility index (Phi) is 2.59. The van der Waals surface area contributed by atoms with Gasteiger partial charge in [-0.2, -0.15) is 5.10 Å². The molecule has 1 amide bonds. The maximum absolute atomic E-state index is 14.5. The summed E-state index contributed by atoms with van der Waals surface area (Å²) in [6, 6.07) is -1.54. The van der Waals surface area contributed by atoms with Gasteiger partial charge in [-0.05, 0) is 50.2 Å². The molecular weight excluding hydrogens is 359 g/mol. The van der Waals surface area contributed by atoms with E-state index in [0.717, 1.165) is 6.07 Å². The highest BCUT2D eigenvalue weighted by Crippen LogP contribution is 2.37. The Labute approximate surface area is 171 Å². The summed E-state index contributed by atoms with van der Waals surface area (Å²) in [4.78, 5) is 22.6. The van der Waals surface area contributed by atoms with Crippen molar-refractivity contribution in [3.8, 4) is 0 Å². The molecule has 3 aromatic rings. The van der Waals surface area contributed by atoms with Crippen LogP contribution in [-0.4, -0.2) is 38.1 Å². The minimum absolute atomic E-state index is 0.00576. The van der Waals surface area contributed by atoms with E-state index in [0.29, 0.717) is 6.20 Å². The van der Waals surface area contributed by atoms with Gasteiger partial charge in [0.15, 0.2) is 5.65 Å². The summed E-state index contributed by atoms with van der Waals surface area (Å²) >= 11 is 0. The van der Waals surface area contributed by atoms with Crippen molar-refractivity contribution in [1.29, 1.82) is 0 Å². The van der Waals surface area contributed by atoms with Crippen LogP contribution in [0.4, 0.5) is 10.2 Å². The lowest BCUT2D eigenvalue weighted by molar-refractivity contribution is 0.0940. The molecule has 0 unspecified atom stereocenters. The topological polar surface area (TPSA) is 75.4 Å². The van der Waals surface area contributed by atoms with Crippen LogP contribution in [-0.2, 0) is 6.37 Å². The Balaban J connectivity index is 1.89. The number of rotatable bonds is 0. The van der Waals surface area contributed by atoms with Crippen molar-refractivity contribution >= 4 is 17.4 Å². The first kappa shape index (κ1) is 11.1. The molecule has 0 aromatic carbocycles. The second-order valence-electron chi connectivity index (χ2n) is 6.55. The molecule has 2 aliphatic rings. The van der Waals surface area contributed by atoms with E-state index in [9.17, 15) is 10.6 Å². The van der Waals surface area contributed by atoms with E-state index >= 15 is 0 Å². The molecule has 1 fully saturated rings. The third kappa shape index (κ3) is 2.80. The van der Waals surface area contributed by atoms with Gasteiger partial charge in [0.05, 0.1) is 19.8 Å². The van der Waals surface area contributed by atoms with E-state index in [-0.39, 0.29) is 30.0 Å². The summed E-state index contributed by atoms with van der Waals surface area (Å²) in [5.41, 5.74) is -1.00. The molecule has 0 saturated carbocycles. The van der Waals surface area contributed by atoms with Gasteiger partial charge >= 0.3 is 0 Å². The summed E-state index contributed by atoms with van der Waals surface area (Å²) in [5, 5.41) is 6.53. The van der Waals surface area contributed by atoms with Crippen LogP contribution in [0.5, 0.6) is 0 Å². The molecule has 5 heterocycles. The lowest BCUT2D eigenvalue weighted by atomic mass is 9.98. The van der Waals surface area contributed by atoms with Crippen LogP contribution in [0.25, 0.3) is 5.65 Å². The van der Waals surface area contributed by atoms with Crippen LogP contribution in [0.3, 0.4) is 0 Å². The third-order valence-electron chi connectivity index (χ3n) is 4.64. The van der Waals surface area contributed by atoms with E-state index in [4.69, 9.17) is 8.22 Å². The number of pyridine rings is 1. The number of aromatic nitrogens is 4. The smallest absolute Gasteiger partial charge is 0.256 e. The Bertz CT molecular complexity index is 1360. The standard InChI is InChI=1S/C20H21FN6O/c1-12-4-5-16-14(9-13(21)10-22-16)17-3-2-7-26(17)18-6-8-27-19(25-18)15(11-23-27)20(28)24-12/h6,8-12,17H,2-5,7H2,1H3,(H,24,28)/t12-,17-/m1/s1/i3D2,4D2,5D2,17D. The number of halogens is 1. The number of anilines is 1. The molecule has 8 heteroatoms. The first-order chi connectivity index (χ1) is 16.2. The van der Waals surface area contributed by atoms with Crippen LogP contribution < -0.4 is 10.2 Å². The third-order valence-corrected chi connectivity index (χ3v) is 4.64. The van der Waals surface area contributed by atoms with Gasteiger partial charge in [0, 0.05) is 32.7 Å². The molecule has 7 nitrogen and oxygen atoms in total. The van der Waals surface area contributed by atoms with Crippen LogP contribution in [0.2, 0.25) is 0 Å². The molecule has 2 aliphatic heterocycles. The zero-order chi connectivity index (χ0) is 25.6. The Morgan fingerprint density at radius 1 is 1.39 bits per heavy atom.